The number of hydrogen-bond acceptors (Lipinski definition) is 3. The molecule has 0 aromatic carbocycles. The summed E-state index contributed by atoms with van der Waals surface area (Å²) in [6.45, 7) is 2.08. The predicted octanol–water partition coefficient (Wildman–Crippen LogP) is 1.44. The van der Waals surface area contributed by atoms with E-state index in [4.69, 9.17) is 0 Å². The molecule has 4 nitrogen and oxygen atoms in total. The molecule has 2 aromatic heterocycles. The van der Waals surface area contributed by atoms with Gasteiger partial charge in [0, 0.05) is 31.8 Å². The van der Waals surface area contributed by atoms with Gasteiger partial charge >= 0.3 is 0 Å². The first-order chi connectivity index (χ1) is 6.81. The van der Waals surface area contributed by atoms with Gasteiger partial charge in [0.05, 0.1) is 0 Å². The topological polar surface area (TPSA) is 43.6 Å². The molecule has 0 saturated heterocycles. The van der Waals surface area contributed by atoms with Crippen LogP contribution in [-0.4, -0.2) is 19.5 Å². The first kappa shape index (κ1) is 8.87. The van der Waals surface area contributed by atoms with Gasteiger partial charge in [0.2, 0.25) is 0 Å². The van der Waals surface area contributed by atoms with E-state index in [-0.39, 0.29) is 0 Å². The summed E-state index contributed by atoms with van der Waals surface area (Å²) >= 11 is 0. The van der Waals surface area contributed by atoms with Crippen molar-refractivity contribution in [1.82, 2.24) is 19.5 Å². The Bertz CT molecular complexity index is 416. The Hall–Kier alpha value is -1.71. The number of aryl methyl sites for hydroxylation is 2. The smallest absolute Gasteiger partial charge is 0.195 e. The van der Waals surface area contributed by atoms with Crippen molar-refractivity contribution in [3.8, 4) is 11.6 Å². The van der Waals surface area contributed by atoms with Crippen LogP contribution in [0.4, 0.5) is 0 Å². The van der Waals surface area contributed by atoms with Crippen LogP contribution in [0, 0.1) is 0 Å². The van der Waals surface area contributed by atoms with E-state index in [9.17, 15) is 0 Å². The van der Waals surface area contributed by atoms with Crippen molar-refractivity contribution in [2.24, 2.45) is 7.05 Å². The van der Waals surface area contributed by atoms with E-state index in [2.05, 4.69) is 21.9 Å². The molecular weight excluding hydrogens is 176 g/mol. The van der Waals surface area contributed by atoms with Gasteiger partial charge in [0.1, 0.15) is 0 Å². The van der Waals surface area contributed by atoms with Gasteiger partial charge in [-0.3, -0.25) is 0 Å². The van der Waals surface area contributed by atoms with E-state index in [0.29, 0.717) is 5.82 Å². The summed E-state index contributed by atoms with van der Waals surface area (Å²) in [5.41, 5.74) is 1.14. The van der Waals surface area contributed by atoms with Crippen molar-refractivity contribution >= 4 is 0 Å². The molecule has 0 aliphatic heterocycles. The lowest BCUT2D eigenvalue weighted by Gasteiger charge is -2.00. The minimum absolute atomic E-state index is 0.676. The molecule has 4 heteroatoms. The minimum Gasteiger partial charge on any atom is -0.331 e. The molecule has 0 atom stereocenters. The van der Waals surface area contributed by atoms with Crippen molar-refractivity contribution in [1.29, 1.82) is 0 Å². The van der Waals surface area contributed by atoms with Crippen molar-refractivity contribution in [3.05, 3.63) is 30.4 Å². The largest absolute Gasteiger partial charge is 0.331 e. The Kier molecular flexibility index (Phi) is 2.26. The maximum absolute atomic E-state index is 4.26. The maximum Gasteiger partial charge on any atom is 0.195 e. The number of imidazole rings is 1. The van der Waals surface area contributed by atoms with Crippen LogP contribution >= 0.6 is 0 Å². The van der Waals surface area contributed by atoms with Gasteiger partial charge in [-0.1, -0.05) is 6.92 Å². The fraction of sp³-hybridized carbons (Fsp3) is 0.300. The third kappa shape index (κ3) is 1.51. The Morgan fingerprint density at radius 1 is 1.21 bits per heavy atom. The Morgan fingerprint density at radius 3 is 2.43 bits per heavy atom. The fourth-order valence-electron chi connectivity index (χ4n) is 1.23. The maximum atomic E-state index is 4.26. The van der Waals surface area contributed by atoms with Gasteiger partial charge in [-0.25, -0.2) is 15.0 Å². The molecule has 0 amide bonds. The molecule has 0 aliphatic rings. The van der Waals surface area contributed by atoms with Gasteiger partial charge in [0.15, 0.2) is 11.6 Å². The minimum atomic E-state index is 0.676. The van der Waals surface area contributed by atoms with Gasteiger partial charge in [0.25, 0.3) is 0 Å². The molecule has 0 saturated carbocycles. The molecule has 0 bridgehead atoms. The Balaban J connectivity index is 2.39. The summed E-state index contributed by atoms with van der Waals surface area (Å²) in [6, 6.07) is 0. The van der Waals surface area contributed by atoms with Gasteiger partial charge in [-0.2, -0.15) is 0 Å². The highest BCUT2D eigenvalue weighted by Gasteiger charge is 2.05. The van der Waals surface area contributed by atoms with E-state index >= 15 is 0 Å². The summed E-state index contributed by atoms with van der Waals surface area (Å²) in [6.07, 6.45) is 8.27. The highest BCUT2D eigenvalue weighted by atomic mass is 15.1. The van der Waals surface area contributed by atoms with Gasteiger partial charge in [-0.05, 0) is 12.0 Å². The normalized spacial score (nSPS) is 10.4. The second kappa shape index (κ2) is 3.57. The zero-order valence-corrected chi connectivity index (χ0v) is 8.31. The van der Waals surface area contributed by atoms with Crippen LogP contribution in [0.15, 0.2) is 24.8 Å². The molecule has 72 valence electrons. The summed E-state index contributed by atoms with van der Waals surface area (Å²) in [4.78, 5) is 12.7. The highest BCUT2D eigenvalue weighted by molar-refractivity contribution is 5.43. The molecule has 2 rings (SSSR count). The van der Waals surface area contributed by atoms with Crippen LogP contribution in [0.1, 0.15) is 12.5 Å². The quantitative estimate of drug-likeness (QED) is 0.716. The molecule has 0 aliphatic carbocycles. The number of nitrogens with zero attached hydrogens (tertiary/aromatic N) is 4. The number of rotatable bonds is 2. The number of hydrogen-bond donors (Lipinski definition) is 0. The van der Waals surface area contributed by atoms with Crippen LogP contribution in [0.25, 0.3) is 11.6 Å². The Morgan fingerprint density at radius 2 is 1.93 bits per heavy atom. The second-order valence-corrected chi connectivity index (χ2v) is 3.13. The third-order valence-electron chi connectivity index (χ3n) is 2.13. The molecule has 0 radical (unpaired) electrons. The highest BCUT2D eigenvalue weighted by Crippen LogP contribution is 2.10. The van der Waals surface area contributed by atoms with Gasteiger partial charge < -0.3 is 4.57 Å². The lowest BCUT2D eigenvalue weighted by atomic mass is 10.3. The third-order valence-corrected chi connectivity index (χ3v) is 2.13. The van der Waals surface area contributed by atoms with E-state index < -0.39 is 0 Å². The Labute approximate surface area is 82.7 Å². The van der Waals surface area contributed by atoms with E-state index in [0.717, 1.165) is 17.8 Å². The predicted molar refractivity (Wildman–Crippen MR) is 53.6 cm³/mol. The summed E-state index contributed by atoms with van der Waals surface area (Å²) in [5, 5.41) is 0. The molecule has 0 N–H and O–H groups in total. The summed E-state index contributed by atoms with van der Waals surface area (Å²) < 4.78 is 1.90. The van der Waals surface area contributed by atoms with Crippen molar-refractivity contribution in [3.63, 3.8) is 0 Å². The standard InChI is InChI=1S/C10H12N4/c1-3-8-6-12-9(13-7-8)10-11-4-5-14(10)2/h4-7H,3H2,1-2H3. The lowest BCUT2D eigenvalue weighted by molar-refractivity contribution is 0.902. The van der Waals surface area contributed by atoms with Crippen LogP contribution in [0.2, 0.25) is 0 Å². The molecule has 0 fully saturated rings. The van der Waals surface area contributed by atoms with Crippen molar-refractivity contribution < 1.29 is 0 Å². The summed E-state index contributed by atoms with van der Waals surface area (Å²) in [5.74, 6) is 1.47. The van der Waals surface area contributed by atoms with Crippen molar-refractivity contribution in [2.75, 3.05) is 0 Å². The second-order valence-electron chi connectivity index (χ2n) is 3.13. The first-order valence-corrected chi connectivity index (χ1v) is 4.60. The molecule has 2 aromatic rings. The first-order valence-electron chi connectivity index (χ1n) is 4.60. The zero-order chi connectivity index (χ0) is 9.97. The molecule has 14 heavy (non-hydrogen) atoms. The van der Waals surface area contributed by atoms with E-state index in [1.54, 1.807) is 6.20 Å². The van der Waals surface area contributed by atoms with Crippen molar-refractivity contribution in [2.45, 2.75) is 13.3 Å². The molecule has 0 spiro atoms. The van der Waals surface area contributed by atoms with E-state index in [1.807, 2.05) is 30.2 Å². The molecular formula is C10H12N4. The van der Waals surface area contributed by atoms with Gasteiger partial charge in [-0.15, -0.1) is 0 Å². The fourth-order valence-corrected chi connectivity index (χ4v) is 1.23. The number of aromatic nitrogens is 4. The molecule has 0 unspecified atom stereocenters. The van der Waals surface area contributed by atoms with Crippen LogP contribution in [0.3, 0.4) is 0 Å². The molecule has 2 heterocycles. The van der Waals surface area contributed by atoms with E-state index in [1.165, 1.54) is 0 Å². The SMILES string of the molecule is CCc1cnc(-c2nccn2C)nc1. The zero-order valence-electron chi connectivity index (χ0n) is 8.31. The van der Waals surface area contributed by atoms with Crippen LogP contribution < -0.4 is 0 Å². The average Bonchev–Trinajstić information content (AvgIpc) is 2.65. The lowest BCUT2D eigenvalue weighted by Crippen LogP contribution is -1.97. The van der Waals surface area contributed by atoms with Crippen LogP contribution in [-0.2, 0) is 13.5 Å². The van der Waals surface area contributed by atoms with Crippen LogP contribution in [0.5, 0.6) is 0 Å². The monoisotopic (exact) mass is 188 g/mol. The summed E-state index contributed by atoms with van der Waals surface area (Å²) in [7, 11) is 1.93. The average molecular weight is 188 g/mol.